The van der Waals surface area contributed by atoms with Gasteiger partial charge in [0.15, 0.2) is 0 Å². The van der Waals surface area contributed by atoms with Gasteiger partial charge in [-0.15, -0.1) is 11.8 Å². The van der Waals surface area contributed by atoms with Crippen molar-refractivity contribution in [2.75, 3.05) is 12.9 Å². The predicted octanol–water partition coefficient (Wildman–Crippen LogP) is 2.96. The van der Waals surface area contributed by atoms with Crippen LogP contribution in [0.1, 0.15) is 6.92 Å². The summed E-state index contributed by atoms with van der Waals surface area (Å²) in [5, 5.41) is 0. The molecule has 0 saturated carbocycles. The largest absolute Gasteiger partial charge is 0.491 e. The van der Waals surface area contributed by atoms with Crippen LogP contribution in [0.4, 0.5) is 0 Å². The molecule has 0 bridgehead atoms. The number of pyridine rings is 1. The molecule has 66 valence electrons. The Morgan fingerprint density at radius 1 is 1.58 bits per heavy atom. The van der Waals surface area contributed by atoms with E-state index < -0.39 is 0 Å². The quantitative estimate of drug-likeness (QED) is 0.768. The van der Waals surface area contributed by atoms with Gasteiger partial charge in [0.05, 0.1) is 16.0 Å². The Balaban J connectivity index is 3.02. The van der Waals surface area contributed by atoms with Crippen molar-refractivity contribution in [3.63, 3.8) is 0 Å². The first kappa shape index (κ1) is 9.86. The van der Waals surface area contributed by atoms with Crippen molar-refractivity contribution in [2.24, 2.45) is 0 Å². The van der Waals surface area contributed by atoms with Gasteiger partial charge in [-0.05, 0) is 29.1 Å². The first-order chi connectivity index (χ1) is 5.79. The van der Waals surface area contributed by atoms with Crippen LogP contribution in [0.2, 0.25) is 0 Å². The van der Waals surface area contributed by atoms with Crippen molar-refractivity contribution in [3.8, 4) is 5.75 Å². The summed E-state index contributed by atoms with van der Waals surface area (Å²) in [5.74, 6) is 0.889. The van der Waals surface area contributed by atoms with Gasteiger partial charge in [-0.1, -0.05) is 0 Å². The molecule has 0 fully saturated rings. The minimum Gasteiger partial charge on any atom is -0.491 e. The van der Waals surface area contributed by atoms with Crippen LogP contribution in [0, 0.1) is 0 Å². The lowest BCUT2D eigenvalue weighted by molar-refractivity contribution is 0.329. The van der Waals surface area contributed by atoms with Crippen LogP contribution in [0.5, 0.6) is 5.75 Å². The van der Waals surface area contributed by atoms with Crippen molar-refractivity contribution in [1.29, 1.82) is 0 Å². The zero-order chi connectivity index (χ0) is 8.97. The van der Waals surface area contributed by atoms with Crippen molar-refractivity contribution in [3.05, 3.63) is 16.9 Å². The summed E-state index contributed by atoms with van der Waals surface area (Å²) in [6.07, 6.45) is 5.55. The Hall–Kier alpha value is -0.220. The highest BCUT2D eigenvalue weighted by molar-refractivity contribution is 9.10. The SMILES string of the molecule is CCOc1c(Br)cncc1SC. The topological polar surface area (TPSA) is 22.1 Å². The average Bonchev–Trinajstić information content (AvgIpc) is 2.09. The van der Waals surface area contributed by atoms with E-state index >= 15 is 0 Å². The molecule has 1 aromatic heterocycles. The Morgan fingerprint density at radius 3 is 2.92 bits per heavy atom. The molecule has 0 radical (unpaired) electrons. The zero-order valence-electron chi connectivity index (χ0n) is 7.00. The summed E-state index contributed by atoms with van der Waals surface area (Å²) in [6, 6.07) is 0. The molecule has 1 rings (SSSR count). The van der Waals surface area contributed by atoms with E-state index in [9.17, 15) is 0 Å². The summed E-state index contributed by atoms with van der Waals surface area (Å²) < 4.78 is 6.36. The first-order valence-electron chi connectivity index (χ1n) is 3.60. The molecular weight excluding hydrogens is 238 g/mol. The molecule has 1 aromatic rings. The number of ether oxygens (including phenoxy) is 1. The van der Waals surface area contributed by atoms with Crippen LogP contribution in [0.3, 0.4) is 0 Å². The zero-order valence-corrected chi connectivity index (χ0v) is 9.41. The molecule has 0 saturated heterocycles. The molecule has 0 aliphatic heterocycles. The summed E-state index contributed by atoms with van der Waals surface area (Å²) in [5.41, 5.74) is 0. The smallest absolute Gasteiger partial charge is 0.150 e. The molecule has 12 heavy (non-hydrogen) atoms. The number of hydrogen-bond acceptors (Lipinski definition) is 3. The molecule has 0 unspecified atom stereocenters. The molecule has 0 aliphatic carbocycles. The van der Waals surface area contributed by atoms with Crippen LogP contribution in [-0.4, -0.2) is 17.8 Å². The monoisotopic (exact) mass is 247 g/mol. The number of nitrogens with zero attached hydrogens (tertiary/aromatic N) is 1. The highest BCUT2D eigenvalue weighted by Gasteiger charge is 2.06. The van der Waals surface area contributed by atoms with Gasteiger partial charge < -0.3 is 4.74 Å². The van der Waals surface area contributed by atoms with Crippen molar-refractivity contribution in [2.45, 2.75) is 11.8 Å². The van der Waals surface area contributed by atoms with E-state index in [0.29, 0.717) is 6.61 Å². The van der Waals surface area contributed by atoms with Crippen LogP contribution in [0.15, 0.2) is 21.8 Å². The van der Waals surface area contributed by atoms with Crippen LogP contribution in [-0.2, 0) is 0 Å². The second-order valence-electron chi connectivity index (χ2n) is 2.09. The normalized spacial score (nSPS) is 9.92. The Kier molecular flexibility index (Phi) is 3.88. The number of hydrogen-bond donors (Lipinski definition) is 0. The molecule has 0 amide bonds. The first-order valence-corrected chi connectivity index (χ1v) is 5.61. The maximum Gasteiger partial charge on any atom is 0.150 e. The maximum atomic E-state index is 5.45. The Bertz CT molecular complexity index is 267. The molecule has 2 nitrogen and oxygen atoms in total. The molecule has 1 heterocycles. The lowest BCUT2D eigenvalue weighted by Crippen LogP contribution is -1.94. The lowest BCUT2D eigenvalue weighted by Gasteiger charge is -2.08. The third-order valence-corrected chi connectivity index (χ3v) is 2.62. The summed E-state index contributed by atoms with van der Waals surface area (Å²) >= 11 is 5.02. The van der Waals surface area contributed by atoms with Crippen molar-refractivity contribution < 1.29 is 4.74 Å². The summed E-state index contributed by atoms with van der Waals surface area (Å²) in [6.45, 7) is 2.65. The second-order valence-corrected chi connectivity index (χ2v) is 3.79. The fraction of sp³-hybridized carbons (Fsp3) is 0.375. The minimum absolute atomic E-state index is 0.677. The van der Waals surface area contributed by atoms with E-state index in [1.54, 1.807) is 24.2 Å². The fourth-order valence-corrected chi connectivity index (χ4v) is 1.93. The van der Waals surface area contributed by atoms with Gasteiger partial charge in [0.2, 0.25) is 0 Å². The standard InChI is InChI=1S/C8H10BrNOS/c1-3-11-8-6(9)4-10-5-7(8)12-2/h4-5H,3H2,1-2H3. The van der Waals surface area contributed by atoms with E-state index in [1.807, 2.05) is 13.2 Å². The van der Waals surface area contributed by atoms with Crippen molar-refractivity contribution in [1.82, 2.24) is 4.98 Å². The second kappa shape index (κ2) is 4.72. The van der Waals surface area contributed by atoms with E-state index in [-0.39, 0.29) is 0 Å². The Morgan fingerprint density at radius 2 is 2.33 bits per heavy atom. The van der Waals surface area contributed by atoms with Gasteiger partial charge in [-0.25, -0.2) is 0 Å². The average molecular weight is 248 g/mol. The molecule has 0 atom stereocenters. The van der Waals surface area contributed by atoms with Gasteiger partial charge in [0.25, 0.3) is 0 Å². The predicted molar refractivity (Wildman–Crippen MR) is 54.9 cm³/mol. The highest BCUT2D eigenvalue weighted by atomic mass is 79.9. The number of thioether (sulfide) groups is 1. The number of rotatable bonds is 3. The Labute approximate surface area is 84.9 Å². The molecular formula is C8H10BrNOS. The van der Waals surface area contributed by atoms with Crippen LogP contribution in [0.25, 0.3) is 0 Å². The third-order valence-electron chi connectivity index (χ3n) is 1.33. The number of halogens is 1. The lowest BCUT2D eigenvalue weighted by atomic mass is 10.4. The minimum atomic E-state index is 0.677. The van der Waals surface area contributed by atoms with Gasteiger partial charge in [0, 0.05) is 12.4 Å². The highest BCUT2D eigenvalue weighted by Crippen LogP contribution is 2.33. The molecule has 0 aromatic carbocycles. The van der Waals surface area contributed by atoms with E-state index in [2.05, 4.69) is 20.9 Å². The molecule has 0 N–H and O–H groups in total. The molecule has 4 heteroatoms. The van der Waals surface area contributed by atoms with Gasteiger partial charge in [-0.3, -0.25) is 4.98 Å². The van der Waals surface area contributed by atoms with E-state index in [0.717, 1.165) is 15.1 Å². The summed E-state index contributed by atoms with van der Waals surface area (Å²) in [4.78, 5) is 5.11. The molecule has 0 aliphatic rings. The van der Waals surface area contributed by atoms with Gasteiger partial charge >= 0.3 is 0 Å². The van der Waals surface area contributed by atoms with Crippen molar-refractivity contribution >= 4 is 27.7 Å². The molecule has 0 spiro atoms. The number of aromatic nitrogens is 1. The maximum absolute atomic E-state index is 5.45. The van der Waals surface area contributed by atoms with E-state index in [4.69, 9.17) is 4.74 Å². The van der Waals surface area contributed by atoms with E-state index in [1.165, 1.54) is 0 Å². The fourth-order valence-electron chi connectivity index (χ4n) is 0.835. The van der Waals surface area contributed by atoms with Crippen LogP contribution < -0.4 is 4.74 Å². The van der Waals surface area contributed by atoms with Crippen LogP contribution >= 0.6 is 27.7 Å². The van der Waals surface area contributed by atoms with Gasteiger partial charge in [-0.2, -0.15) is 0 Å². The third kappa shape index (κ3) is 2.14. The van der Waals surface area contributed by atoms with Gasteiger partial charge in [0.1, 0.15) is 5.75 Å². The summed E-state index contributed by atoms with van der Waals surface area (Å²) in [7, 11) is 0.